The van der Waals surface area contributed by atoms with Gasteiger partial charge in [-0.2, -0.15) is 0 Å². The lowest BCUT2D eigenvalue weighted by Crippen LogP contribution is -2.16. The molecule has 0 aliphatic carbocycles. The maximum atomic E-state index is 2.49. The van der Waals surface area contributed by atoms with Gasteiger partial charge in [0, 0.05) is 47.6 Å². The van der Waals surface area contributed by atoms with Crippen molar-refractivity contribution in [1.82, 2.24) is 0 Å². The Morgan fingerprint density at radius 3 is 1.95 bits per heavy atom. The Kier molecular flexibility index (Phi) is 5.82. The normalized spacial score (nSPS) is 15.0. The molecule has 0 bridgehead atoms. The Morgan fingerprint density at radius 2 is 1.21 bits per heavy atom. The molecule has 5 aromatic rings. The first-order valence-corrected chi connectivity index (χ1v) is 14.5. The lowest BCUT2D eigenvalue weighted by molar-refractivity contribution is 0.942. The number of anilines is 4. The van der Waals surface area contributed by atoms with Crippen LogP contribution in [-0.4, -0.2) is 14.1 Å². The fourth-order valence-electron chi connectivity index (χ4n) is 6.61. The van der Waals surface area contributed by atoms with E-state index in [1.165, 1.54) is 61.0 Å². The second-order valence-electron chi connectivity index (χ2n) is 10.6. The third-order valence-electron chi connectivity index (χ3n) is 8.46. The van der Waals surface area contributed by atoms with Gasteiger partial charge in [-0.05, 0) is 88.7 Å². The number of rotatable bonds is 3. The van der Waals surface area contributed by atoms with Crippen molar-refractivity contribution < 1.29 is 0 Å². The van der Waals surface area contributed by atoms with E-state index >= 15 is 0 Å². The van der Waals surface area contributed by atoms with Crippen molar-refractivity contribution in [3.05, 3.63) is 141 Å². The van der Waals surface area contributed by atoms with Crippen LogP contribution in [0, 0.1) is 0 Å². The molecule has 3 heteroatoms. The maximum Gasteiger partial charge on any atom is 0.0483 e. The molecule has 0 saturated carbocycles. The molecule has 1 unspecified atom stereocenters. The van der Waals surface area contributed by atoms with Crippen LogP contribution in [0.25, 0.3) is 0 Å². The fraction of sp³-hybridized carbons (Fsp3) is 0.200. The van der Waals surface area contributed by atoms with Crippen LogP contribution in [0.4, 0.5) is 22.7 Å². The fourth-order valence-corrected chi connectivity index (χ4v) is 7.48. The molecule has 0 spiro atoms. The third-order valence-corrected chi connectivity index (χ3v) is 9.39. The Labute approximate surface area is 229 Å². The highest BCUT2D eigenvalue weighted by Crippen LogP contribution is 2.46. The Balaban J connectivity index is 1.38. The van der Waals surface area contributed by atoms with Gasteiger partial charge in [0.2, 0.25) is 0 Å². The van der Waals surface area contributed by atoms with Gasteiger partial charge in [0.1, 0.15) is 0 Å². The van der Waals surface area contributed by atoms with Gasteiger partial charge in [-0.1, -0.05) is 72.8 Å². The monoisotopic (exact) mass is 512 g/mol. The predicted octanol–water partition coefficient (Wildman–Crippen LogP) is 8.66. The summed E-state index contributed by atoms with van der Waals surface area (Å²) in [6.45, 7) is 0. The van der Waals surface area contributed by atoms with Crippen molar-refractivity contribution in [1.29, 1.82) is 0 Å². The summed E-state index contributed by atoms with van der Waals surface area (Å²) in [7, 11) is 4.46. The van der Waals surface area contributed by atoms with Gasteiger partial charge < -0.3 is 9.80 Å². The molecule has 7 rings (SSSR count). The molecule has 38 heavy (non-hydrogen) atoms. The molecule has 2 aliphatic rings. The zero-order valence-corrected chi connectivity index (χ0v) is 22.8. The van der Waals surface area contributed by atoms with Crippen LogP contribution >= 0.6 is 11.3 Å². The van der Waals surface area contributed by atoms with E-state index < -0.39 is 0 Å². The average Bonchev–Trinajstić information content (AvgIpc) is 3.39. The highest BCUT2D eigenvalue weighted by Gasteiger charge is 2.28. The molecule has 2 aliphatic heterocycles. The van der Waals surface area contributed by atoms with Gasteiger partial charge in [-0.15, -0.1) is 11.3 Å². The zero-order chi connectivity index (χ0) is 25.6. The second kappa shape index (κ2) is 9.49. The van der Waals surface area contributed by atoms with E-state index in [2.05, 4.69) is 126 Å². The number of hydrogen-bond donors (Lipinski definition) is 0. The van der Waals surface area contributed by atoms with E-state index in [1.807, 2.05) is 11.3 Å². The van der Waals surface area contributed by atoms with Crippen LogP contribution in [-0.2, 0) is 25.7 Å². The van der Waals surface area contributed by atoms with E-state index in [1.54, 1.807) is 0 Å². The molecule has 188 valence electrons. The Hall–Kier alpha value is -3.82. The maximum absolute atomic E-state index is 2.49. The minimum atomic E-state index is 0.193. The molecule has 0 amide bonds. The summed E-state index contributed by atoms with van der Waals surface area (Å²) in [5.74, 6) is 0.193. The van der Waals surface area contributed by atoms with Crippen LogP contribution < -0.4 is 9.80 Å². The van der Waals surface area contributed by atoms with E-state index in [9.17, 15) is 0 Å². The van der Waals surface area contributed by atoms with Crippen molar-refractivity contribution in [2.75, 3.05) is 23.9 Å². The van der Waals surface area contributed by atoms with Crippen molar-refractivity contribution in [2.24, 2.45) is 0 Å². The van der Waals surface area contributed by atoms with Crippen molar-refractivity contribution >= 4 is 34.1 Å². The van der Waals surface area contributed by atoms with Crippen LogP contribution in [0.15, 0.2) is 102 Å². The van der Waals surface area contributed by atoms with Crippen LogP contribution in [0.3, 0.4) is 0 Å². The van der Waals surface area contributed by atoms with Gasteiger partial charge >= 0.3 is 0 Å². The number of thiophene rings is 1. The summed E-state index contributed by atoms with van der Waals surface area (Å²) in [6, 6.07) is 36.4. The summed E-state index contributed by atoms with van der Waals surface area (Å²) in [4.78, 5) is 6.22. The zero-order valence-electron chi connectivity index (χ0n) is 22.0. The molecule has 3 heterocycles. The topological polar surface area (TPSA) is 6.48 Å². The third kappa shape index (κ3) is 3.85. The molecule has 0 fully saturated rings. The van der Waals surface area contributed by atoms with Crippen LogP contribution in [0.1, 0.15) is 44.2 Å². The molecule has 1 atom stereocenters. The number of para-hydroxylation sites is 3. The van der Waals surface area contributed by atoms with Gasteiger partial charge in [-0.25, -0.2) is 0 Å². The molecule has 0 saturated heterocycles. The molecule has 0 N–H and O–H groups in total. The van der Waals surface area contributed by atoms with Crippen LogP contribution in [0.2, 0.25) is 0 Å². The van der Waals surface area contributed by atoms with Crippen molar-refractivity contribution in [2.45, 2.75) is 31.6 Å². The quantitative estimate of drug-likeness (QED) is 0.239. The van der Waals surface area contributed by atoms with E-state index in [4.69, 9.17) is 0 Å². The second-order valence-corrected chi connectivity index (χ2v) is 11.5. The first kappa shape index (κ1) is 23.3. The molecule has 1 aromatic heterocycles. The van der Waals surface area contributed by atoms with Crippen LogP contribution in [0.5, 0.6) is 0 Å². The van der Waals surface area contributed by atoms with Gasteiger partial charge in [0.05, 0.1) is 0 Å². The summed E-state index contributed by atoms with van der Waals surface area (Å²) < 4.78 is 0. The minimum absolute atomic E-state index is 0.193. The molecular weight excluding hydrogens is 480 g/mol. The van der Waals surface area contributed by atoms with E-state index in [0.717, 1.165) is 25.7 Å². The molecule has 2 nitrogen and oxygen atoms in total. The van der Waals surface area contributed by atoms with Gasteiger partial charge in [0.25, 0.3) is 0 Å². The predicted molar refractivity (Wildman–Crippen MR) is 162 cm³/mol. The molecule has 4 aromatic carbocycles. The molecular formula is C35H32N2S. The number of aryl methyl sites for hydroxylation is 4. The Bertz CT molecular complexity index is 1620. The number of hydrogen-bond acceptors (Lipinski definition) is 3. The lowest BCUT2D eigenvalue weighted by Gasteiger charge is -2.29. The number of fused-ring (bicyclic) bond motifs is 4. The Morgan fingerprint density at radius 1 is 0.579 bits per heavy atom. The molecule has 0 radical (unpaired) electrons. The first-order chi connectivity index (χ1) is 18.7. The van der Waals surface area contributed by atoms with Crippen molar-refractivity contribution in [3.63, 3.8) is 0 Å². The van der Waals surface area contributed by atoms with E-state index in [0.29, 0.717) is 0 Å². The highest BCUT2D eigenvalue weighted by atomic mass is 32.1. The average molecular weight is 513 g/mol. The largest absolute Gasteiger partial charge is 0.344 e. The first-order valence-electron chi connectivity index (χ1n) is 13.6. The van der Waals surface area contributed by atoms with E-state index in [-0.39, 0.29) is 5.92 Å². The highest BCUT2D eigenvalue weighted by molar-refractivity contribution is 7.10. The summed E-state index contributed by atoms with van der Waals surface area (Å²) >= 11 is 1.87. The smallest absolute Gasteiger partial charge is 0.0483 e. The summed E-state index contributed by atoms with van der Waals surface area (Å²) in [5.41, 5.74) is 13.8. The minimum Gasteiger partial charge on any atom is -0.344 e. The standard InChI is InChI=1S/C35H32N2S/c1-36-30-13-5-3-9-24(30)17-19-27-23-28(20-21-32(27)36)34(33-15-8-22-38-33)29-12-7-11-26-18-16-25-10-4-6-14-31(25)37(2)35(26)29/h3-15,20-23,34H,16-19H2,1-2H3. The SMILES string of the molecule is CN1c2ccccc2CCc2cc(C(c3cccs3)c3cccc4c3N(C)c3ccccc3CC4)ccc21. The number of nitrogens with zero attached hydrogens (tertiary/aromatic N) is 2. The summed E-state index contributed by atoms with van der Waals surface area (Å²) in [6.07, 6.45) is 4.27. The number of benzene rings is 4. The van der Waals surface area contributed by atoms with Crippen molar-refractivity contribution in [3.8, 4) is 0 Å². The van der Waals surface area contributed by atoms with Gasteiger partial charge in [-0.3, -0.25) is 0 Å². The van der Waals surface area contributed by atoms with Gasteiger partial charge in [0.15, 0.2) is 0 Å². The summed E-state index contributed by atoms with van der Waals surface area (Å²) in [5, 5.41) is 2.22. The lowest BCUT2D eigenvalue weighted by atomic mass is 9.85.